The van der Waals surface area contributed by atoms with Crippen LogP contribution in [0.3, 0.4) is 0 Å². The third-order valence-corrected chi connectivity index (χ3v) is 9.49. The van der Waals surface area contributed by atoms with Crippen molar-refractivity contribution in [2.45, 2.75) is 26.2 Å². The zero-order chi connectivity index (χ0) is 44.5. The number of carbonyl (C=O) groups is 3. The summed E-state index contributed by atoms with van der Waals surface area (Å²) in [5, 5.41) is 63.7. The molecule has 0 saturated heterocycles. The number of ether oxygens (including phenoxy) is 1. The van der Waals surface area contributed by atoms with E-state index in [1.165, 1.54) is 56.9 Å². The predicted octanol–water partition coefficient (Wildman–Crippen LogP) is 7.85. The van der Waals surface area contributed by atoms with Crippen LogP contribution >= 0.6 is 11.6 Å². The first-order valence-corrected chi connectivity index (χ1v) is 19.9. The molecule has 18 heteroatoms. The van der Waals surface area contributed by atoms with Crippen LogP contribution < -0.4 is 0 Å². The van der Waals surface area contributed by atoms with Crippen LogP contribution in [0.25, 0.3) is 50.2 Å². The Bertz CT molecular complexity index is 2860. The second kappa shape index (κ2) is 19.6. The van der Waals surface area contributed by atoms with Crippen LogP contribution in [0, 0.1) is 0 Å². The van der Waals surface area contributed by atoms with Crippen molar-refractivity contribution in [3.05, 3.63) is 144 Å². The molecule has 9 rings (SSSR count). The minimum Gasteiger partial charge on any atom is -0.506 e. The molecule has 0 spiro atoms. The summed E-state index contributed by atoms with van der Waals surface area (Å²) in [5.41, 5.74) is 6.00. The normalized spacial score (nSPS) is 10.9. The van der Waals surface area contributed by atoms with Gasteiger partial charge in [0.25, 0.3) is 5.24 Å². The van der Waals surface area contributed by atoms with E-state index in [2.05, 4.69) is 37.5 Å². The average molecular weight is 868 g/mol. The summed E-state index contributed by atoms with van der Waals surface area (Å²) in [5.74, 6) is -1.13. The molecule has 0 aliphatic carbocycles. The fourth-order valence-corrected chi connectivity index (χ4v) is 6.23. The molecule has 17 nitrogen and oxygen atoms in total. The highest BCUT2D eigenvalue weighted by Gasteiger charge is 2.15. The number of aromatic carboxylic acids is 1. The van der Waals surface area contributed by atoms with Gasteiger partial charge < -0.3 is 25.2 Å². The van der Waals surface area contributed by atoms with Gasteiger partial charge in [-0.15, -0.1) is 45.0 Å². The highest BCUT2D eigenvalue weighted by molar-refractivity contribution is 6.67. The van der Waals surface area contributed by atoms with Gasteiger partial charge in [-0.3, -0.25) is 9.59 Å². The maximum atomic E-state index is 12.4. The van der Waals surface area contributed by atoms with Gasteiger partial charge in [0.2, 0.25) is 0 Å². The number of aromatic nitrogens is 9. The molecule has 63 heavy (non-hydrogen) atoms. The highest BCUT2D eigenvalue weighted by atomic mass is 35.5. The maximum absolute atomic E-state index is 12.4. The number of carboxylic acids is 1. The lowest BCUT2D eigenvalue weighted by Gasteiger charge is -2.07. The second-order valence-corrected chi connectivity index (χ2v) is 14.1. The first-order chi connectivity index (χ1) is 30.5. The molecule has 0 fully saturated rings. The lowest BCUT2D eigenvalue weighted by Crippen LogP contribution is -2.05. The van der Waals surface area contributed by atoms with Crippen LogP contribution in [0.1, 0.15) is 57.3 Å². The Hall–Kier alpha value is -8.02. The van der Waals surface area contributed by atoms with Crippen LogP contribution in [0.15, 0.2) is 127 Å². The van der Waals surface area contributed by atoms with Crippen LogP contribution in [-0.4, -0.2) is 95.6 Å². The van der Waals surface area contributed by atoms with Crippen molar-refractivity contribution in [2.24, 2.45) is 0 Å². The van der Waals surface area contributed by atoms with Gasteiger partial charge in [0.05, 0.1) is 5.56 Å². The molecular weight excluding hydrogens is 830 g/mol. The molecule has 318 valence electrons. The number of carboxylic acid groups (broad SMARTS) is 1. The third kappa shape index (κ3) is 10.3. The Kier molecular flexibility index (Phi) is 13.4. The zero-order valence-corrected chi connectivity index (χ0v) is 34.2. The van der Waals surface area contributed by atoms with Crippen LogP contribution in [-0.2, 0) is 4.74 Å². The van der Waals surface area contributed by atoms with Crippen LogP contribution in [0.4, 0.5) is 0 Å². The van der Waals surface area contributed by atoms with Gasteiger partial charge >= 0.3 is 5.97 Å². The molecule has 3 aromatic heterocycles. The van der Waals surface area contributed by atoms with Crippen molar-refractivity contribution in [3.8, 4) is 34.3 Å². The standard InChI is InChI=1S/C19H21N3O3.C13H8ClN3O2.C13H9N3O3/c1-2-11-25-12-5-8-18(23)14-9-10-19(24)17(13-14)22-20-15-6-3-4-7-16(15)21-22;14-13(19)8-5-6-12(18)11(7-8)17-15-9-3-1-2-4-10(9)16-17;17-12-6-5-8(13(18)19)7-11(12)16-14-9-3-1-2-4-10(9)15-16/h3-4,6-7,9-10,13,24H,2,5,8,11-12H2,1H3;1-7,18H;1-7,17H,(H,18,19). The van der Waals surface area contributed by atoms with Crippen molar-refractivity contribution >= 4 is 61.7 Å². The lowest BCUT2D eigenvalue weighted by molar-refractivity contribution is 0.0696. The van der Waals surface area contributed by atoms with Gasteiger partial charge in [-0.05, 0) is 115 Å². The van der Waals surface area contributed by atoms with Gasteiger partial charge in [0.15, 0.2) is 5.78 Å². The molecule has 9 aromatic rings. The topological polar surface area (TPSA) is 233 Å². The van der Waals surface area contributed by atoms with E-state index >= 15 is 0 Å². The molecule has 0 amide bonds. The number of ketones is 1. The molecule has 0 atom stereocenters. The number of hydrogen-bond acceptors (Lipinski definition) is 13. The molecule has 0 aliphatic heterocycles. The molecule has 0 bridgehead atoms. The molecule has 0 radical (unpaired) electrons. The summed E-state index contributed by atoms with van der Waals surface area (Å²) in [7, 11) is 0. The number of Topliss-reactive ketones (excluding diaryl/α,β-unsaturated/α-hetero) is 1. The van der Waals surface area contributed by atoms with Crippen molar-refractivity contribution < 1.29 is 39.5 Å². The van der Waals surface area contributed by atoms with E-state index in [-0.39, 0.29) is 39.8 Å². The number of nitrogens with zero attached hydrogens (tertiary/aromatic N) is 9. The van der Waals surface area contributed by atoms with Crippen LogP contribution in [0.5, 0.6) is 17.2 Å². The number of halogens is 1. The predicted molar refractivity (Wildman–Crippen MR) is 233 cm³/mol. The second-order valence-electron chi connectivity index (χ2n) is 13.8. The lowest BCUT2D eigenvalue weighted by atomic mass is 10.1. The summed E-state index contributed by atoms with van der Waals surface area (Å²) >= 11 is 5.42. The van der Waals surface area contributed by atoms with Crippen molar-refractivity contribution in [3.63, 3.8) is 0 Å². The minimum atomic E-state index is -1.07. The van der Waals surface area contributed by atoms with E-state index in [4.69, 9.17) is 21.4 Å². The van der Waals surface area contributed by atoms with Gasteiger partial charge in [-0.1, -0.05) is 43.3 Å². The average Bonchev–Trinajstić information content (AvgIpc) is 4.04. The minimum absolute atomic E-state index is 0.0121. The van der Waals surface area contributed by atoms with E-state index in [0.29, 0.717) is 58.5 Å². The smallest absolute Gasteiger partial charge is 0.335 e. The molecule has 0 aliphatic rings. The number of hydrogen-bond donors (Lipinski definition) is 4. The van der Waals surface area contributed by atoms with E-state index in [0.717, 1.165) is 24.1 Å². The number of benzene rings is 6. The first kappa shape index (κ1) is 43.1. The Morgan fingerprint density at radius 3 is 1.24 bits per heavy atom. The number of aromatic hydroxyl groups is 3. The summed E-state index contributed by atoms with van der Waals surface area (Å²) in [6.07, 6.45) is 2.06. The van der Waals surface area contributed by atoms with E-state index < -0.39 is 11.2 Å². The highest BCUT2D eigenvalue weighted by Crippen LogP contribution is 2.26. The van der Waals surface area contributed by atoms with Crippen LogP contribution in [0.2, 0.25) is 0 Å². The first-order valence-electron chi connectivity index (χ1n) is 19.5. The number of carbonyl (C=O) groups excluding carboxylic acids is 2. The SMILES string of the molecule is CCCOCCCC(=O)c1ccc(O)c(-n2nc3ccccc3n2)c1.O=C(Cl)c1ccc(O)c(-n2nc3ccccc3n2)c1.O=C(O)c1ccc(O)c(-n2nc3ccccc3n2)c1. The number of fused-ring (bicyclic) bond motifs is 3. The zero-order valence-electron chi connectivity index (χ0n) is 33.5. The quantitative estimate of drug-likeness (QED) is 0.0520. The number of phenolic OH excluding ortho intramolecular Hbond substituents is 3. The molecule has 0 saturated carbocycles. The van der Waals surface area contributed by atoms with Crippen molar-refractivity contribution in [1.82, 2.24) is 45.0 Å². The number of rotatable bonds is 12. The van der Waals surface area contributed by atoms with E-state index in [1.54, 1.807) is 24.3 Å². The third-order valence-electron chi connectivity index (χ3n) is 9.27. The molecular formula is C45H38ClN9O8. The van der Waals surface area contributed by atoms with Crippen molar-refractivity contribution in [2.75, 3.05) is 13.2 Å². The Morgan fingerprint density at radius 1 is 0.524 bits per heavy atom. The summed E-state index contributed by atoms with van der Waals surface area (Å²) in [4.78, 5) is 38.3. The van der Waals surface area contributed by atoms with E-state index in [9.17, 15) is 29.7 Å². The summed E-state index contributed by atoms with van der Waals surface area (Å²) in [6, 6.07) is 35.0. The van der Waals surface area contributed by atoms with Gasteiger partial charge in [-0.2, -0.15) is 0 Å². The molecule has 3 heterocycles. The Morgan fingerprint density at radius 2 is 0.873 bits per heavy atom. The Labute approximate surface area is 363 Å². The molecule has 6 aromatic carbocycles. The van der Waals surface area contributed by atoms with E-state index in [1.807, 2.05) is 60.7 Å². The van der Waals surface area contributed by atoms with Gasteiger partial charge in [0, 0.05) is 30.8 Å². The molecule has 0 unspecified atom stereocenters. The van der Waals surface area contributed by atoms with Gasteiger partial charge in [0.1, 0.15) is 67.4 Å². The fourth-order valence-electron chi connectivity index (χ4n) is 6.11. The monoisotopic (exact) mass is 867 g/mol. The number of phenols is 3. The fraction of sp³-hybridized carbons (Fsp3) is 0.133. The summed E-state index contributed by atoms with van der Waals surface area (Å²) < 4.78 is 5.40. The molecule has 4 N–H and O–H groups in total. The van der Waals surface area contributed by atoms with Gasteiger partial charge in [-0.25, -0.2) is 4.79 Å². The van der Waals surface area contributed by atoms with Crippen molar-refractivity contribution in [1.29, 1.82) is 0 Å². The maximum Gasteiger partial charge on any atom is 0.335 e. The Balaban J connectivity index is 0.000000144. The largest absolute Gasteiger partial charge is 0.506 e. The summed E-state index contributed by atoms with van der Waals surface area (Å²) in [6.45, 7) is 3.35.